The van der Waals surface area contributed by atoms with E-state index in [-0.39, 0.29) is 0 Å². The van der Waals surface area contributed by atoms with Crippen molar-refractivity contribution < 1.29 is 0 Å². The van der Waals surface area contributed by atoms with E-state index in [0.717, 1.165) is 24.6 Å². The highest BCUT2D eigenvalue weighted by atomic mass is 32.1. The first kappa shape index (κ1) is 13.7. The average Bonchev–Trinajstić information content (AvgIpc) is 2.89. The first-order valence-corrected chi connectivity index (χ1v) is 8.10. The van der Waals surface area contributed by atoms with Gasteiger partial charge in [-0.3, -0.25) is 4.90 Å². The molecule has 0 spiro atoms. The molecular formula is C16H21N3S. The van der Waals surface area contributed by atoms with Gasteiger partial charge < -0.3 is 0 Å². The third kappa shape index (κ3) is 3.25. The highest BCUT2D eigenvalue weighted by Gasteiger charge is 2.23. The van der Waals surface area contributed by atoms with Crippen molar-refractivity contribution >= 4 is 11.3 Å². The van der Waals surface area contributed by atoms with Gasteiger partial charge in [-0.15, -0.1) is 21.5 Å². The van der Waals surface area contributed by atoms with Gasteiger partial charge >= 0.3 is 0 Å². The van der Waals surface area contributed by atoms with Gasteiger partial charge in [-0.2, -0.15) is 0 Å². The van der Waals surface area contributed by atoms with Gasteiger partial charge in [0.25, 0.3) is 0 Å². The highest BCUT2D eigenvalue weighted by molar-refractivity contribution is 7.11. The number of aromatic nitrogens is 2. The second-order valence-corrected chi connectivity index (χ2v) is 6.91. The summed E-state index contributed by atoms with van der Waals surface area (Å²) in [6.07, 6.45) is 2.42. The average molecular weight is 287 g/mol. The molecule has 1 fully saturated rings. The van der Waals surface area contributed by atoms with E-state index in [2.05, 4.69) is 46.3 Å². The second kappa shape index (κ2) is 6.02. The van der Waals surface area contributed by atoms with Gasteiger partial charge in [0.15, 0.2) is 0 Å². The van der Waals surface area contributed by atoms with Crippen LogP contribution in [0.2, 0.25) is 0 Å². The molecule has 3 rings (SSSR count). The number of hydrogen-bond acceptors (Lipinski definition) is 4. The van der Waals surface area contributed by atoms with Crippen LogP contribution in [0.5, 0.6) is 0 Å². The highest BCUT2D eigenvalue weighted by Crippen LogP contribution is 2.30. The Morgan fingerprint density at radius 3 is 2.40 bits per heavy atom. The summed E-state index contributed by atoms with van der Waals surface area (Å²) in [7, 11) is 0. The van der Waals surface area contributed by atoms with Crippen LogP contribution in [0.25, 0.3) is 0 Å². The number of rotatable bonds is 3. The molecule has 2 aromatic rings. The molecule has 0 radical (unpaired) electrons. The third-order valence-electron chi connectivity index (χ3n) is 4.01. The lowest BCUT2D eigenvalue weighted by Gasteiger charge is -2.30. The zero-order valence-electron chi connectivity index (χ0n) is 12.2. The number of likely N-dealkylation sites (tertiary alicyclic amines) is 1. The van der Waals surface area contributed by atoms with Crippen molar-refractivity contribution in [3.63, 3.8) is 0 Å². The van der Waals surface area contributed by atoms with Crippen molar-refractivity contribution in [2.24, 2.45) is 0 Å². The zero-order chi connectivity index (χ0) is 13.9. The van der Waals surface area contributed by atoms with Gasteiger partial charge in [0.2, 0.25) is 0 Å². The van der Waals surface area contributed by atoms with E-state index in [1.807, 2.05) is 6.92 Å². The predicted octanol–water partition coefficient (Wildman–Crippen LogP) is 3.53. The third-order valence-corrected chi connectivity index (χ3v) is 5.01. The van der Waals surface area contributed by atoms with Crippen molar-refractivity contribution in [3.8, 4) is 0 Å². The molecule has 0 atom stereocenters. The summed E-state index contributed by atoms with van der Waals surface area (Å²) >= 11 is 1.76. The molecule has 0 amide bonds. The number of aryl methyl sites for hydroxylation is 2. The van der Waals surface area contributed by atoms with E-state index in [4.69, 9.17) is 0 Å². The first-order valence-electron chi connectivity index (χ1n) is 7.28. The Balaban J connectivity index is 1.54. The Bertz CT molecular complexity index is 553. The Morgan fingerprint density at radius 2 is 1.80 bits per heavy atom. The minimum atomic E-state index is 0.621. The maximum Gasteiger partial charge on any atom is 0.120 e. The van der Waals surface area contributed by atoms with Crippen molar-refractivity contribution in [3.05, 3.63) is 45.4 Å². The molecule has 1 aliphatic rings. The SMILES string of the molecule is Cc1ccc(CN2CCC(c3nnc(C)s3)CC2)cc1. The van der Waals surface area contributed by atoms with Crippen molar-refractivity contribution in [2.45, 2.75) is 39.2 Å². The lowest BCUT2D eigenvalue weighted by molar-refractivity contribution is 0.204. The maximum absolute atomic E-state index is 4.31. The summed E-state index contributed by atoms with van der Waals surface area (Å²) in [4.78, 5) is 2.55. The molecule has 0 unspecified atom stereocenters. The largest absolute Gasteiger partial charge is 0.299 e. The van der Waals surface area contributed by atoms with Crippen LogP contribution in [0, 0.1) is 13.8 Å². The minimum absolute atomic E-state index is 0.621. The Morgan fingerprint density at radius 1 is 1.10 bits per heavy atom. The molecule has 1 saturated heterocycles. The van der Waals surface area contributed by atoms with E-state index in [0.29, 0.717) is 5.92 Å². The van der Waals surface area contributed by atoms with Crippen molar-refractivity contribution in [1.29, 1.82) is 0 Å². The van der Waals surface area contributed by atoms with E-state index < -0.39 is 0 Å². The lowest BCUT2D eigenvalue weighted by Crippen LogP contribution is -2.32. The van der Waals surface area contributed by atoms with Crippen LogP contribution in [0.3, 0.4) is 0 Å². The fourth-order valence-electron chi connectivity index (χ4n) is 2.77. The quantitative estimate of drug-likeness (QED) is 0.864. The zero-order valence-corrected chi connectivity index (χ0v) is 13.0. The van der Waals surface area contributed by atoms with Crippen LogP contribution >= 0.6 is 11.3 Å². The molecule has 1 aromatic carbocycles. The summed E-state index contributed by atoms with van der Waals surface area (Å²) in [6, 6.07) is 8.89. The summed E-state index contributed by atoms with van der Waals surface area (Å²) in [5.41, 5.74) is 2.75. The van der Waals surface area contributed by atoms with E-state index in [1.54, 1.807) is 11.3 Å². The molecule has 20 heavy (non-hydrogen) atoms. The molecule has 0 bridgehead atoms. The monoisotopic (exact) mass is 287 g/mol. The molecule has 4 heteroatoms. The molecule has 2 heterocycles. The van der Waals surface area contributed by atoms with Crippen LogP contribution < -0.4 is 0 Å². The number of piperidine rings is 1. The van der Waals surface area contributed by atoms with Crippen LogP contribution in [0.1, 0.15) is 39.9 Å². The summed E-state index contributed by atoms with van der Waals surface area (Å²) in [5, 5.41) is 10.8. The Hall–Kier alpha value is -1.26. The standard InChI is InChI=1S/C16H21N3S/c1-12-3-5-14(6-4-12)11-19-9-7-15(8-10-19)16-18-17-13(2)20-16/h3-6,15H,7-11H2,1-2H3. The Labute approximate surface area is 124 Å². The number of benzene rings is 1. The first-order chi connectivity index (χ1) is 9.70. The topological polar surface area (TPSA) is 29.0 Å². The molecular weight excluding hydrogens is 266 g/mol. The Kier molecular flexibility index (Phi) is 4.13. The molecule has 0 aliphatic carbocycles. The molecule has 0 N–H and O–H groups in total. The van der Waals surface area contributed by atoms with Crippen LogP contribution in [0.15, 0.2) is 24.3 Å². The van der Waals surface area contributed by atoms with Gasteiger partial charge in [0.1, 0.15) is 10.0 Å². The normalized spacial score (nSPS) is 17.5. The summed E-state index contributed by atoms with van der Waals surface area (Å²) < 4.78 is 0. The minimum Gasteiger partial charge on any atom is -0.299 e. The predicted molar refractivity (Wildman–Crippen MR) is 83.1 cm³/mol. The molecule has 0 saturated carbocycles. The van der Waals surface area contributed by atoms with E-state index in [9.17, 15) is 0 Å². The van der Waals surface area contributed by atoms with Gasteiger partial charge in [-0.05, 0) is 45.3 Å². The van der Waals surface area contributed by atoms with E-state index >= 15 is 0 Å². The van der Waals surface area contributed by atoms with Gasteiger partial charge in [0.05, 0.1) is 0 Å². The van der Waals surface area contributed by atoms with E-state index in [1.165, 1.54) is 29.0 Å². The van der Waals surface area contributed by atoms with Gasteiger partial charge in [0, 0.05) is 12.5 Å². The van der Waals surface area contributed by atoms with Crippen LogP contribution in [0.4, 0.5) is 0 Å². The summed E-state index contributed by atoms with van der Waals surface area (Å²) in [5.74, 6) is 0.621. The molecule has 1 aromatic heterocycles. The van der Waals surface area contributed by atoms with Crippen molar-refractivity contribution in [2.75, 3.05) is 13.1 Å². The van der Waals surface area contributed by atoms with Crippen LogP contribution in [-0.2, 0) is 6.54 Å². The lowest BCUT2D eigenvalue weighted by atomic mass is 9.97. The number of nitrogens with zero attached hydrogens (tertiary/aromatic N) is 3. The molecule has 106 valence electrons. The smallest absolute Gasteiger partial charge is 0.120 e. The maximum atomic E-state index is 4.31. The molecule has 1 aliphatic heterocycles. The van der Waals surface area contributed by atoms with Gasteiger partial charge in [-0.25, -0.2) is 0 Å². The second-order valence-electron chi connectivity index (χ2n) is 5.70. The fraction of sp³-hybridized carbons (Fsp3) is 0.500. The summed E-state index contributed by atoms with van der Waals surface area (Å²) in [6.45, 7) is 7.57. The van der Waals surface area contributed by atoms with Crippen LogP contribution in [-0.4, -0.2) is 28.2 Å². The molecule has 3 nitrogen and oxygen atoms in total. The fourth-order valence-corrected chi connectivity index (χ4v) is 3.63. The van der Waals surface area contributed by atoms with Gasteiger partial charge in [-0.1, -0.05) is 29.8 Å². The van der Waals surface area contributed by atoms with Crippen molar-refractivity contribution in [1.82, 2.24) is 15.1 Å². The number of hydrogen-bond donors (Lipinski definition) is 0.